The third kappa shape index (κ3) is 3.87. The molecule has 0 saturated heterocycles. The highest BCUT2D eigenvalue weighted by atomic mass is 35.5. The van der Waals surface area contributed by atoms with Crippen LogP contribution in [0.5, 0.6) is 0 Å². The van der Waals surface area contributed by atoms with Gasteiger partial charge in [-0.25, -0.2) is 14.8 Å². The average Bonchev–Trinajstić information content (AvgIpc) is 2.98. The first-order valence-electron chi connectivity index (χ1n) is 9.71. The van der Waals surface area contributed by atoms with Crippen LogP contribution in [0.1, 0.15) is 46.7 Å². The molecule has 0 N–H and O–H groups in total. The molecule has 5 rings (SSSR count). The van der Waals surface area contributed by atoms with Crippen molar-refractivity contribution in [3.05, 3.63) is 41.0 Å². The quantitative estimate of drug-likeness (QED) is 0.315. The number of carbonyl (C=O) groups excluding carboxylic acids is 1. The number of pyridine rings is 1. The molecule has 3 aliphatic carbocycles. The molecule has 2 aromatic heterocycles. The lowest BCUT2D eigenvalue weighted by molar-refractivity contribution is -0.366. The SMILES string of the molecule is COC(=O)c1cc(/N=C(\Cl)c2c(C(F)(F)F)c(C)nn2CC23CC(C(F)(F)F)(C2)C3)ccn1. The number of hydrogen-bond acceptors (Lipinski definition) is 5. The lowest BCUT2D eigenvalue weighted by Gasteiger charge is -2.70. The number of carbonyl (C=O) groups is 1. The number of ether oxygens (including phenoxy) is 1. The largest absolute Gasteiger partial charge is 0.464 e. The van der Waals surface area contributed by atoms with E-state index in [1.165, 1.54) is 18.3 Å². The molecule has 33 heavy (non-hydrogen) atoms. The van der Waals surface area contributed by atoms with E-state index in [-0.39, 0.29) is 42.9 Å². The van der Waals surface area contributed by atoms with Crippen LogP contribution in [0.2, 0.25) is 0 Å². The Bertz CT molecular complexity index is 1130. The highest BCUT2D eigenvalue weighted by Gasteiger charge is 2.78. The Labute approximate surface area is 188 Å². The molecule has 0 unspecified atom stereocenters. The Morgan fingerprint density at radius 2 is 1.88 bits per heavy atom. The molecule has 3 fully saturated rings. The van der Waals surface area contributed by atoms with Gasteiger partial charge in [0, 0.05) is 12.7 Å². The topological polar surface area (TPSA) is 69.4 Å². The predicted molar refractivity (Wildman–Crippen MR) is 104 cm³/mol. The zero-order valence-electron chi connectivity index (χ0n) is 17.3. The second kappa shape index (κ2) is 7.44. The van der Waals surface area contributed by atoms with Crippen molar-refractivity contribution in [2.45, 2.75) is 45.1 Å². The van der Waals surface area contributed by atoms with Gasteiger partial charge in [0.15, 0.2) is 5.17 Å². The molecule has 0 aliphatic heterocycles. The lowest BCUT2D eigenvalue weighted by Crippen LogP contribution is -2.69. The van der Waals surface area contributed by atoms with E-state index in [9.17, 15) is 31.1 Å². The summed E-state index contributed by atoms with van der Waals surface area (Å²) in [5.74, 6) is -0.776. The van der Waals surface area contributed by atoms with Gasteiger partial charge in [0.2, 0.25) is 0 Å². The van der Waals surface area contributed by atoms with Gasteiger partial charge in [-0.3, -0.25) is 4.68 Å². The summed E-state index contributed by atoms with van der Waals surface area (Å²) in [7, 11) is 1.14. The summed E-state index contributed by atoms with van der Waals surface area (Å²) in [5.41, 5.74) is -4.64. The van der Waals surface area contributed by atoms with E-state index >= 15 is 0 Å². The summed E-state index contributed by atoms with van der Waals surface area (Å²) in [6.07, 6.45) is -8.44. The molecule has 3 aliphatic rings. The van der Waals surface area contributed by atoms with Crippen LogP contribution in [0.4, 0.5) is 32.0 Å². The monoisotopic (exact) mass is 494 g/mol. The first-order valence-corrected chi connectivity index (χ1v) is 10.1. The second-order valence-corrected chi connectivity index (χ2v) is 8.92. The van der Waals surface area contributed by atoms with E-state index in [1.54, 1.807) is 0 Å². The van der Waals surface area contributed by atoms with Gasteiger partial charge in [0.25, 0.3) is 0 Å². The van der Waals surface area contributed by atoms with Crippen molar-refractivity contribution < 1.29 is 35.9 Å². The van der Waals surface area contributed by atoms with Crippen molar-refractivity contribution in [2.75, 3.05) is 7.11 Å². The van der Waals surface area contributed by atoms with Gasteiger partial charge in [-0.05, 0) is 43.7 Å². The minimum absolute atomic E-state index is 0.0375. The Balaban J connectivity index is 1.70. The number of nitrogens with zero attached hydrogens (tertiary/aromatic N) is 4. The number of halogens is 7. The molecule has 0 spiro atoms. The molecular weight excluding hydrogens is 478 g/mol. The maximum atomic E-state index is 13.8. The Morgan fingerprint density at radius 3 is 2.42 bits per heavy atom. The average molecular weight is 495 g/mol. The van der Waals surface area contributed by atoms with Crippen LogP contribution in [0, 0.1) is 17.8 Å². The van der Waals surface area contributed by atoms with Crippen molar-refractivity contribution in [2.24, 2.45) is 15.8 Å². The van der Waals surface area contributed by atoms with Crippen molar-refractivity contribution in [1.29, 1.82) is 0 Å². The highest BCUT2D eigenvalue weighted by molar-refractivity contribution is 6.69. The molecular formula is C20H17ClF6N4O2. The summed E-state index contributed by atoms with van der Waals surface area (Å²) in [4.78, 5) is 19.4. The van der Waals surface area contributed by atoms with E-state index < -0.39 is 45.6 Å². The summed E-state index contributed by atoms with van der Waals surface area (Å²) < 4.78 is 86.5. The van der Waals surface area contributed by atoms with E-state index in [0.717, 1.165) is 18.7 Å². The van der Waals surface area contributed by atoms with E-state index in [0.29, 0.717) is 0 Å². The van der Waals surface area contributed by atoms with Crippen molar-refractivity contribution in [3.63, 3.8) is 0 Å². The summed E-state index contributed by atoms with van der Waals surface area (Å²) in [6, 6.07) is 2.51. The fourth-order valence-electron chi connectivity index (χ4n) is 4.90. The van der Waals surface area contributed by atoms with Gasteiger partial charge in [0.05, 0.1) is 23.9 Å². The van der Waals surface area contributed by atoms with E-state index in [2.05, 4.69) is 19.8 Å². The standard InChI is InChI=1S/C20H17ClF6N4O2/c1-10-13(19(22,23)24)14(15(21)29-11-3-4-28-12(5-11)16(32)33-2)31(30-10)9-17-6-18(7-17,8-17)20(25,26)27/h3-5H,6-9H2,1-2H3/b29-15-. The van der Waals surface area contributed by atoms with Crippen molar-refractivity contribution >= 4 is 28.4 Å². The van der Waals surface area contributed by atoms with Gasteiger partial charge >= 0.3 is 18.3 Å². The Morgan fingerprint density at radius 1 is 1.24 bits per heavy atom. The van der Waals surface area contributed by atoms with Gasteiger partial charge in [-0.1, -0.05) is 11.6 Å². The lowest BCUT2D eigenvalue weighted by atomic mass is 9.35. The van der Waals surface area contributed by atoms with Gasteiger partial charge < -0.3 is 4.74 Å². The molecule has 13 heteroatoms. The third-order valence-corrected chi connectivity index (χ3v) is 6.46. The van der Waals surface area contributed by atoms with Gasteiger partial charge in [0.1, 0.15) is 17.0 Å². The minimum Gasteiger partial charge on any atom is -0.464 e. The molecule has 2 bridgehead atoms. The minimum atomic E-state index is -4.82. The molecule has 2 heterocycles. The molecule has 6 nitrogen and oxygen atoms in total. The molecule has 2 aromatic rings. The molecule has 0 radical (unpaired) electrons. The van der Waals surface area contributed by atoms with Gasteiger partial charge in [-0.2, -0.15) is 31.4 Å². The number of rotatable bonds is 5. The van der Waals surface area contributed by atoms with Crippen LogP contribution in [0.15, 0.2) is 23.3 Å². The second-order valence-electron chi connectivity index (χ2n) is 8.57. The number of alkyl halides is 6. The molecule has 178 valence electrons. The third-order valence-electron chi connectivity index (χ3n) is 6.20. The summed E-state index contributed by atoms with van der Waals surface area (Å²) >= 11 is 6.21. The number of methoxy groups -OCH3 is 1. The highest BCUT2D eigenvalue weighted by Crippen LogP contribution is 2.79. The number of aliphatic imine (C=N–C) groups is 1. The van der Waals surface area contributed by atoms with Crippen molar-refractivity contribution in [3.8, 4) is 0 Å². The van der Waals surface area contributed by atoms with Crippen molar-refractivity contribution in [1.82, 2.24) is 14.8 Å². The molecule has 3 saturated carbocycles. The van der Waals surface area contributed by atoms with Crippen LogP contribution in [-0.4, -0.2) is 39.2 Å². The maximum absolute atomic E-state index is 13.8. The van der Waals surface area contributed by atoms with E-state index in [1.807, 2.05) is 0 Å². The number of hydrogen-bond donors (Lipinski definition) is 0. The predicted octanol–water partition coefficient (Wildman–Crippen LogP) is 5.44. The number of aryl methyl sites for hydroxylation is 1. The first kappa shape index (κ1) is 23.5. The molecule has 0 atom stereocenters. The summed E-state index contributed by atoms with van der Waals surface area (Å²) in [6.45, 7) is 1.00. The Kier molecular flexibility index (Phi) is 5.30. The molecule has 0 aromatic carbocycles. The smallest absolute Gasteiger partial charge is 0.420 e. The fourth-order valence-corrected chi connectivity index (χ4v) is 5.19. The molecule has 0 amide bonds. The van der Waals surface area contributed by atoms with Crippen LogP contribution < -0.4 is 0 Å². The van der Waals surface area contributed by atoms with Crippen LogP contribution in [0.3, 0.4) is 0 Å². The van der Waals surface area contributed by atoms with Crippen LogP contribution in [-0.2, 0) is 17.5 Å². The number of aromatic nitrogens is 3. The normalized spacial score (nSPS) is 24.8. The van der Waals surface area contributed by atoms with Crippen LogP contribution >= 0.6 is 11.6 Å². The number of esters is 1. The zero-order chi connectivity index (χ0) is 24.4. The summed E-state index contributed by atoms with van der Waals surface area (Å²) in [5, 5.41) is 3.37. The maximum Gasteiger partial charge on any atom is 0.420 e. The Hall–Kier alpha value is -2.63. The zero-order valence-corrected chi connectivity index (χ0v) is 18.1. The first-order chi connectivity index (χ1) is 15.2. The van der Waals surface area contributed by atoms with E-state index in [4.69, 9.17) is 11.6 Å². The van der Waals surface area contributed by atoms with Crippen LogP contribution in [0.25, 0.3) is 0 Å². The fraction of sp³-hybridized carbons (Fsp3) is 0.500. The van der Waals surface area contributed by atoms with Gasteiger partial charge in [-0.15, -0.1) is 0 Å².